The minimum absolute atomic E-state index is 0.0362. The van der Waals surface area contributed by atoms with Gasteiger partial charge in [-0.3, -0.25) is 9.59 Å². The molecule has 0 spiro atoms. The van der Waals surface area contributed by atoms with E-state index in [0.717, 1.165) is 13.4 Å². The van der Waals surface area contributed by atoms with E-state index in [2.05, 4.69) is 22.6 Å². The topological polar surface area (TPSA) is 77.9 Å². The van der Waals surface area contributed by atoms with Crippen LogP contribution in [-0.4, -0.2) is 23.0 Å². The molecular formula is C25H18I2N2O4. The van der Waals surface area contributed by atoms with Gasteiger partial charge in [0.15, 0.2) is 0 Å². The van der Waals surface area contributed by atoms with Crippen LogP contribution in [0.15, 0.2) is 66.2 Å². The van der Waals surface area contributed by atoms with E-state index in [0.29, 0.717) is 31.6 Å². The predicted octanol–water partition coefficient (Wildman–Crippen LogP) is 5.80. The van der Waals surface area contributed by atoms with Crippen molar-refractivity contribution in [3.8, 4) is 5.75 Å². The van der Waals surface area contributed by atoms with Crippen LogP contribution in [0.2, 0.25) is 0 Å². The van der Waals surface area contributed by atoms with Crippen molar-refractivity contribution in [2.24, 2.45) is 0 Å². The van der Waals surface area contributed by atoms with Crippen LogP contribution in [0, 0.1) is 21.0 Å². The maximum absolute atomic E-state index is 13.6. The number of imide groups is 2. The van der Waals surface area contributed by atoms with Crippen molar-refractivity contribution >= 4 is 80.5 Å². The number of phenols is 1. The molecule has 0 aliphatic carbocycles. The molecule has 0 atom stereocenters. The first kappa shape index (κ1) is 23.4. The van der Waals surface area contributed by atoms with E-state index < -0.39 is 17.8 Å². The van der Waals surface area contributed by atoms with E-state index in [1.807, 2.05) is 34.7 Å². The molecule has 1 heterocycles. The van der Waals surface area contributed by atoms with Crippen molar-refractivity contribution in [1.82, 2.24) is 0 Å². The number of urea groups is 1. The fourth-order valence-corrected chi connectivity index (χ4v) is 5.52. The smallest absolute Gasteiger partial charge is 0.343 e. The molecule has 33 heavy (non-hydrogen) atoms. The fourth-order valence-electron chi connectivity index (χ4n) is 3.63. The van der Waals surface area contributed by atoms with E-state index in [-0.39, 0.29) is 11.3 Å². The van der Waals surface area contributed by atoms with Crippen LogP contribution in [0.3, 0.4) is 0 Å². The van der Waals surface area contributed by atoms with E-state index >= 15 is 0 Å². The number of hydrogen-bond donors (Lipinski definition) is 1. The monoisotopic (exact) mass is 664 g/mol. The SMILES string of the molecule is Cc1ccccc1N1C(=O)C(=Cc2cc(I)cc(I)c2O)C(=O)N(c2ccccc2C)C1=O. The van der Waals surface area contributed by atoms with Gasteiger partial charge in [0, 0.05) is 9.13 Å². The Morgan fingerprint density at radius 2 is 1.27 bits per heavy atom. The van der Waals surface area contributed by atoms with E-state index in [1.165, 1.54) is 6.08 Å². The predicted molar refractivity (Wildman–Crippen MR) is 144 cm³/mol. The Kier molecular flexibility index (Phi) is 6.57. The van der Waals surface area contributed by atoms with Gasteiger partial charge < -0.3 is 5.11 Å². The largest absolute Gasteiger partial charge is 0.506 e. The number of carbonyl (C=O) groups is 3. The Balaban J connectivity index is 1.96. The lowest BCUT2D eigenvalue weighted by atomic mass is 10.0. The van der Waals surface area contributed by atoms with Gasteiger partial charge in [-0.1, -0.05) is 36.4 Å². The van der Waals surface area contributed by atoms with Gasteiger partial charge in [-0.25, -0.2) is 14.6 Å². The molecule has 0 radical (unpaired) electrons. The maximum atomic E-state index is 13.6. The summed E-state index contributed by atoms with van der Waals surface area (Å²) in [6.07, 6.45) is 1.35. The number of anilines is 2. The zero-order chi connectivity index (χ0) is 23.9. The van der Waals surface area contributed by atoms with Crippen molar-refractivity contribution in [3.05, 3.63) is 90.1 Å². The molecule has 0 saturated carbocycles. The first-order valence-electron chi connectivity index (χ1n) is 9.94. The summed E-state index contributed by atoms with van der Waals surface area (Å²) in [6, 6.07) is 16.7. The summed E-state index contributed by atoms with van der Waals surface area (Å²) >= 11 is 4.09. The number of aromatic hydroxyl groups is 1. The number of halogens is 2. The summed E-state index contributed by atoms with van der Waals surface area (Å²) in [6.45, 7) is 3.59. The van der Waals surface area contributed by atoms with E-state index in [4.69, 9.17) is 0 Å². The van der Waals surface area contributed by atoms with Crippen LogP contribution in [0.1, 0.15) is 16.7 Å². The van der Waals surface area contributed by atoms with Crippen molar-refractivity contribution in [2.45, 2.75) is 13.8 Å². The molecule has 1 N–H and O–H groups in total. The van der Waals surface area contributed by atoms with Crippen molar-refractivity contribution in [3.63, 3.8) is 0 Å². The lowest BCUT2D eigenvalue weighted by Crippen LogP contribution is -2.57. The van der Waals surface area contributed by atoms with Gasteiger partial charge in [-0.2, -0.15) is 0 Å². The lowest BCUT2D eigenvalue weighted by molar-refractivity contribution is -0.121. The van der Waals surface area contributed by atoms with Gasteiger partial charge in [-0.15, -0.1) is 0 Å². The Bertz CT molecular complexity index is 1280. The van der Waals surface area contributed by atoms with Crippen LogP contribution in [0.25, 0.3) is 6.08 Å². The number of carbonyl (C=O) groups excluding carboxylic acids is 3. The average molecular weight is 664 g/mol. The maximum Gasteiger partial charge on any atom is 0.343 e. The molecule has 8 heteroatoms. The molecule has 0 bridgehead atoms. The highest BCUT2D eigenvalue weighted by Gasteiger charge is 2.44. The first-order chi connectivity index (χ1) is 15.7. The number of barbiturate groups is 1. The van der Waals surface area contributed by atoms with Gasteiger partial charge in [-0.05, 0) is 100 Å². The second kappa shape index (κ2) is 9.26. The molecule has 3 aromatic rings. The minimum atomic E-state index is -0.743. The molecular weight excluding hydrogens is 646 g/mol. The number of nitrogens with zero attached hydrogens (tertiary/aromatic N) is 2. The lowest BCUT2D eigenvalue weighted by Gasteiger charge is -2.35. The molecule has 1 saturated heterocycles. The zero-order valence-corrected chi connectivity index (χ0v) is 22.0. The van der Waals surface area contributed by atoms with Crippen LogP contribution in [-0.2, 0) is 9.59 Å². The third-order valence-corrected chi connectivity index (χ3v) is 6.76. The molecule has 6 nitrogen and oxygen atoms in total. The van der Waals surface area contributed by atoms with Gasteiger partial charge >= 0.3 is 6.03 Å². The third-order valence-electron chi connectivity index (χ3n) is 5.32. The number of aryl methyl sites for hydroxylation is 2. The van der Waals surface area contributed by atoms with Crippen molar-refractivity contribution in [2.75, 3.05) is 9.80 Å². The van der Waals surface area contributed by atoms with Gasteiger partial charge in [0.05, 0.1) is 14.9 Å². The summed E-state index contributed by atoms with van der Waals surface area (Å²) in [7, 11) is 0. The van der Waals surface area contributed by atoms with Crippen molar-refractivity contribution < 1.29 is 19.5 Å². The molecule has 1 fully saturated rings. The number of hydrogen-bond acceptors (Lipinski definition) is 4. The highest BCUT2D eigenvalue weighted by molar-refractivity contribution is 14.1. The molecule has 166 valence electrons. The number of phenolic OH excluding ortho intramolecular Hbond substituents is 1. The van der Waals surface area contributed by atoms with E-state index in [9.17, 15) is 19.5 Å². The second-order valence-corrected chi connectivity index (χ2v) is 9.93. The molecule has 1 aliphatic rings. The fraction of sp³-hybridized carbons (Fsp3) is 0.0800. The number of amides is 4. The van der Waals surface area contributed by atoms with Crippen LogP contribution in [0.5, 0.6) is 5.75 Å². The van der Waals surface area contributed by atoms with Crippen LogP contribution in [0.4, 0.5) is 16.2 Å². The summed E-state index contributed by atoms with van der Waals surface area (Å²) in [4.78, 5) is 42.7. The molecule has 0 aromatic heterocycles. The zero-order valence-electron chi connectivity index (χ0n) is 17.7. The average Bonchev–Trinajstić information content (AvgIpc) is 2.77. The van der Waals surface area contributed by atoms with Crippen LogP contribution >= 0.6 is 45.2 Å². The third kappa shape index (κ3) is 4.29. The Morgan fingerprint density at radius 3 is 1.76 bits per heavy atom. The van der Waals surface area contributed by atoms with E-state index in [1.54, 1.807) is 62.4 Å². The Labute approximate surface area is 218 Å². The molecule has 0 unspecified atom stereocenters. The van der Waals surface area contributed by atoms with Crippen LogP contribution < -0.4 is 9.80 Å². The standard InChI is InChI=1S/C25H18I2N2O4/c1-14-7-3-5-9-20(14)28-23(31)18(12-16-11-17(26)13-19(27)22(16)30)24(32)29(25(28)33)21-10-6-4-8-15(21)2/h3-13,30H,1-2H3. The molecule has 3 aromatic carbocycles. The second-order valence-electron chi connectivity index (χ2n) is 7.52. The minimum Gasteiger partial charge on any atom is -0.506 e. The molecule has 4 amide bonds. The van der Waals surface area contributed by atoms with Crippen molar-refractivity contribution in [1.29, 1.82) is 0 Å². The Hall–Kier alpha value is -2.73. The van der Waals surface area contributed by atoms with Gasteiger partial charge in [0.2, 0.25) is 0 Å². The first-order valence-corrected chi connectivity index (χ1v) is 12.1. The summed E-state index contributed by atoms with van der Waals surface area (Å²) in [5.41, 5.74) is 2.33. The quantitative estimate of drug-likeness (QED) is 0.218. The molecule has 1 aliphatic heterocycles. The highest BCUT2D eigenvalue weighted by atomic mass is 127. The highest BCUT2D eigenvalue weighted by Crippen LogP contribution is 2.34. The summed E-state index contributed by atoms with van der Waals surface area (Å²) in [5.74, 6) is -1.51. The number of benzene rings is 3. The Morgan fingerprint density at radius 1 is 0.788 bits per heavy atom. The normalized spacial score (nSPS) is 14.2. The van der Waals surface area contributed by atoms with Gasteiger partial charge in [0.25, 0.3) is 11.8 Å². The summed E-state index contributed by atoms with van der Waals surface area (Å²) in [5, 5.41) is 10.6. The molecule has 4 rings (SSSR count). The van der Waals surface area contributed by atoms with Gasteiger partial charge in [0.1, 0.15) is 11.3 Å². The number of rotatable bonds is 3. The number of para-hydroxylation sites is 2. The summed E-state index contributed by atoms with van der Waals surface area (Å²) < 4.78 is 1.42.